The molecule has 2 atom stereocenters. The third-order valence-electron chi connectivity index (χ3n) is 6.90. The number of carbonyl (C=O) groups excluding carboxylic acids is 2. The molecule has 0 radical (unpaired) electrons. The molecule has 0 saturated carbocycles. The van der Waals surface area contributed by atoms with E-state index in [2.05, 4.69) is 5.32 Å². The van der Waals surface area contributed by atoms with E-state index in [0.29, 0.717) is 22.0 Å². The Labute approximate surface area is 257 Å². The standard InChI is InChI=1S/C31H36Cl2FN3O4S/c1-4-22(2)35-31(39)29(19-23-11-6-5-7-12-23)36(21-24-16-17-25(32)20-26(24)33)30(38)15-10-18-37(42(3,40)41)28-14-9-8-13-27(28)34/h5-9,11-14,16-17,20,22,29H,4,10,15,18-19,21H2,1-3H3,(H,35,39). The summed E-state index contributed by atoms with van der Waals surface area (Å²) in [7, 11) is -3.83. The molecular formula is C31H36Cl2FN3O4S. The van der Waals surface area contributed by atoms with Crippen molar-refractivity contribution < 1.29 is 22.4 Å². The van der Waals surface area contributed by atoms with Crippen LogP contribution in [0, 0.1) is 5.82 Å². The molecule has 0 heterocycles. The van der Waals surface area contributed by atoms with Crippen molar-refractivity contribution in [1.29, 1.82) is 0 Å². The van der Waals surface area contributed by atoms with Gasteiger partial charge in [0.2, 0.25) is 21.8 Å². The molecule has 226 valence electrons. The Morgan fingerprint density at radius 1 is 1.00 bits per heavy atom. The van der Waals surface area contributed by atoms with Crippen LogP contribution in [-0.4, -0.2) is 50.0 Å². The highest BCUT2D eigenvalue weighted by molar-refractivity contribution is 7.92. The molecule has 0 aliphatic heterocycles. The lowest BCUT2D eigenvalue weighted by Gasteiger charge is -2.33. The molecule has 1 N–H and O–H groups in total. The van der Waals surface area contributed by atoms with Gasteiger partial charge in [0, 0.05) is 42.0 Å². The fraction of sp³-hybridized carbons (Fsp3) is 0.355. The van der Waals surface area contributed by atoms with Crippen molar-refractivity contribution in [3.05, 3.63) is 99.8 Å². The smallest absolute Gasteiger partial charge is 0.243 e. The van der Waals surface area contributed by atoms with E-state index in [1.54, 1.807) is 24.3 Å². The average Bonchev–Trinajstić information content (AvgIpc) is 2.94. The lowest BCUT2D eigenvalue weighted by atomic mass is 10.0. The topological polar surface area (TPSA) is 86.8 Å². The van der Waals surface area contributed by atoms with Crippen molar-refractivity contribution in [2.45, 2.75) is 58.2 Å². The Kier molecular flexibility index (Phi) is 12.2. The van der Waals surface area contributed by atoms with E-state index in [1.165, 1.54) is 23.1 Å². The fourth-order valence-electron chi connectivity index (χ4n) is 4.46. The van der Waals surface area contributed by atoms with Crippen LogP contribution in [0.5, 0.6) is 0 Å². The van der Waals surface area contributed by atoms with Crippen molar-refractivity contribution in [2.75, 3.05) is 17.1 Å². The summed E-state index contributed by atoms with van der Waals surface area (Å²) in [6.07, 6.45) is 1.96. The third kappa shape index (κ3) is 9.44. The molecule has 2 unspecified atom stereocenters. The number of benzene rings is 3. The molecular weight excluding hydrogens is 600 g/mol. The maximum Gasteiger partial charge on any atom is 0.243 e. The summed E-state index contributed by atoms with van der Waals surface area (Å²) in [5.74, 6) is -1.36. The van der Waals surface area contributed by atoms with Gasteiger partial charge in [-0.2, -0.15) is 0 Å². The Morgan fingerprint density at radius 2 is 1.67 bits per heavy atom. The monoisotopic (exact) mass is 635 g/mol. The average molecular weight is 637 g/mol. The summed E-state index contributed by atoms with van der Waals surface area (Å²) in [4.78, 5) is 29.0. The fourth-order valence-corrected chi connectivity index (χ4v) is 5.90. The van der Waals surface area contributed by atoms with E-state index in [9.17, 15) is 22.4 Å². The normalized spacial score (nSPS) is 12.8. The lowest BCUT2D eigenvalue weighted by Crippen LogP contribution is -2.52. The van der Waals surface area contributed by atoms with Gasteiger partial charge in [-0.25, -0.2) is 12.8 Å². The molecule has 0 spiro atoms. The van der Waals surface area contributed by atoms with E-state index in [-0.39, 0.29) is 55.9 Å². The van der Waals surface area contributed by atoms with Gasteiger partial charge in [-0.05, 0) is 55.2 Å². The molecule has 0 saturated heterocycles. The molecule has 7 nitrogen and oxygen atoms in total. The van der Waals surface area contributed by atoms with Crippen molar-refractivity contribution >= 4 is 50.7 Å². The van der Waals surface area contributed by atoms with Crippen LogP contribution in [0.1, 0.15) is 44.2 Å². The zero-order valence-corrected chi connectivity index (χ0v) is 26.2. The predicted molar refractivity (Wildman–Crippen MR) is 167 cm³/mol. The highest BCUT2D eigenvalue weighted by Crippen LogP contribution is 2.26. The van der Waals surface area contributed by atoms with Gasteiger partial charge in [0.15, 0.2) is 0 Å². The minimum atomic E-state index is -3.83. The molecule has 2 amide bonds. The minimum Gasteiger partial charge on any atom is -0.352 e. The lowest BCUT2D eigenvalue weighted by molar-refractivity contribution is -0.141. The van der Waals surface area contributed by atoms with Crippen LogP contribution >= 0.6 is 23.2 Å². The summed E-state index contributed by atoms with van der Waals surface area (Å²) in [6.45, 7) is 3.76. The van der Waals surface area contributed by atoms with E-state index >= 15 is 0 Å². The number of amides is 2. The summed E-state index contributed by atoms with van der Waals surface area (Å²) < 4.78 is 40.5. The van der Waals surface area contributed by atoms with Gasteiger partial charge in [0.05, 0.1) is 11.9 Å². The van der Waals surface area contributed by atoms with E-state index in [0.717, 1.165) is 16.1 Å². The number of halogens is 3. The Hall–Kier alpha value is -3.14. The van der Waals surface area contributed by atoms with Crippen LogP contribution < -0.4 is 9.62 Å². The van der Waals surface area contributed by atoms with Crippen LogP contribution in [0.4, 0.5) is 10.1 Å². The maximum atomic E-state index is 14.5. The second kappa shape index (κ2) is 15.4. The molecule has 0 fully saturated rings. The van der Waals surface area contributed by atoms with Crippen molar-refractivity contribution in [3.63, 3.8) is 0 Å². The van der Waals surface area contributed by atoms with Crippen LogP contribution in [0.25, 0.3) is 0 Å². The number of hydrogen-bond donors (Lipinski definition) is 1. The largest absolute Gasteiger partial charge is 0.352 e. The zero-order valence-electron chi connectivity index (χ0n) is 23.9. The first-order valence-corrected chi connectivity index (χ1v) is 16.3. The van der Waals surface area contributed by atoms with Crippen LogP contribution in [-0.2, 0) is 32.6 Å². The van der Waals surface area contributed by atoms with Gasteiger partial charge in [0.25, 0.3) is 0 Å². The minimum absolute atomic E-state index is 0.0311. The third-order valence-corrected chi connectivity index (χ3v) is 8.67. The molecule has 3 aromatic carbocycles. The summed E-state index contributed by atoms with van der Waals surface area (Å²) >= 11 is 12.6. The number of sulfonamides is 1. The number of rotatable bonds is 14. The maximum absolute atomic E-state index is 14.5. The molecule has 0 bridgehead atoms. The van der Waals surface area contributed by atoms with Crippen LogP contribution in [0.2, 0.25) is 10.0 Å². The van der Waals surface area contributed by atoms with E-state index in [1.807, 2.05) is 44.2 Å². The molecule has 11 heteroatoms. The van der Waals surface area contributed by atoms with Gasteiger partial charge < -0.3 is 10.2 Å². The quantitative estimate of drug-likeness (QED) is 0.227. The van der Waals surface area contributed by atoms with Crippen LogP contribution in [0.3, 0.4) is 0 Å². The first kappa shape index (κ1) is 33.4. The Bertz CT molecular complexity index is 1470. The second-order valence-corrected chi connectivity index (χ2v) is 12.9. The SMILES string of the molecule is CCC(C)NC(=O)C(Cc1ccccc1)N(Cc1ccc(Cl)cc1Cl)C(=O)CCCN(c1ccccc1F)S(C)(=O)=O. The highest BCUT2D eigenvalue weighted by Gasteiger charge is 2.31. The van der Waals surface area contributed by atoms with Crippen LogP contribution in [0.15, 0.2) is 72.8 Å². The van der Waals surface area contributed by atoms with Gasteiger partial charge in [-0.1, -0.05) is 78.7 Å². The van der Waals surface area contributed by atoms with Gasteiger partial charge in [-0.15, -0.1) is 0 Å². The summed E-state index contributed by atoms with van der Waals surface area (Å²) in [5.41, 5.74) is 1.38. The van der Waals surface area contributed by atoms with Gasteiger partial charge in [-0.3, -0.25) is 13.9 Å². The molecule has 0 aliphatic carbocycles. The van der Waals surface area contributed by atoms with Crippen molar-refractivity contribution in [3.8, 4) is 0 Å². The van der Waals surface area contributed by atoms with Gasteiger partial charge in [0.1, 0.15) is 11.9 Å². The first-order chi connectivity index (χ1) is 19.9. The summed E-state index contributed by atoms with van der Waals surface area (Å²) in [5, 5.41) is 3.79. The molecule has 3 rings (SSSR count). The zero-order chi connectivity index (χ0) is 30.9. The number of hydrogen-bond acceptors (Lipinski definition) is 4. The number of nitrogens with one attached hydrogen (secondary N) is 1. The first-order valence-electron chi connectivity index (χ1n) is 13.7. The number of nitrogens with zero attached hydrogens (tertiary/aromatic N) is 2. The molecule has 0 aliphatic rings. The highest BCUT2D eigenvalue weighted by atomic mass is 35.5. The second-order valence-electron chi connectivity index (χ2n) is 10.2. The number of para-hydroxylation sites is 1. The predicted octanol–water partition coefficient (Wildman–Crippen LogP) is 6.23. The Morgan fingerprint density at radius 3 is 2.29 bits per heavy atom. The summed E-state index contributed by atoms with van der Waals surface area (Å²) in [6, 6.07) is 18.9. The molecule has 0 aromatic heterocycles. The molecule has 42 heavy (non-hydrogen) atoms. The Balaban J connectivity index is 1.93. The number of anilines is 1. The van der Waals surface area contributed by atoms with Crippen molar-refractivity contribution in [1.82, 2.24) is 10.2 Å². The van der Waals surface area contributed by atoms with E-state index in [4.69, 9.17) is 23.2 Å². The van der Waals surface area contributed by atoms with Gasteiger partial charge >= 0.3 is 0 Å². The molecule has 3 aromatic rings. The van der Waals surface area contributed by atoms with Crippen molar-refractivity contribution in [2.24, 2.45) is 0 Å². The number of carbonyl (C=O) groups is 2. The van der Waals surface area contributed by atoms with E-state index < -0.39 is 21.9 Å².